The zero-order valence-electron chi connectivity index (χ0n) is 8.91. The Hall–Kier alpha value is -0.320. The van der Waals surface area contributed by atoms with E-state index in [1.54, 1.807) is 12.3 Å². The highest BCUT2D eigenvalue weighted by atomic mass is 79.9. The van der Waals surface area contributed by atoms with E-state index in [0.717, 1.165) is 4.47 Å². The van der Waals surface area contributed by atoms with Gasteiger partial charge in [-0.25, -0.2) is 0 Å². The molecule has 3 nitrogen and oxygen atoms in total. The van der Waals surface area contributed by atoms with Crippen molar-refractivity contribution >= 4 is 15.9 Å². The molecule has 1 rings (SSSR count). The van der Waals surface area contributed by atoms with E-state index >= 15 is 0 Å². The Bertz CT molecular complexity index is 307. The van der Waals surface area contributed by atoms with Gasteiger partial charge in [-0.3, -0.25) is 0 Å². The summed E-state index contributed by atoms with van der Waals surface area (Å²) in [5.74, 6) is 0.573. The Morgan fingerprint density at radius 3 is 2.43 bits per heavy atom. The van der Waals surface area contributed by atoms with E-state index < -0.39 is 6.10 Å². The van der Waals surface area contributed by atoms with Crippen molar-refractivity contribution < 1.29 is 9.52 Å². The summed E-state index contributed by atoms with van der Waals surface area (Å²) < 4.78 is 6.04. The van der Waals surface area contributed by atoms with Gasteiger partial charge in [-0.2, -0.15) is 0 Å². The van der Waals surface area contributed by atoms with Gasteiger partial charge in [0.05, 0.1) is 10.7 Å². The molecule has 0 aromatic carbocycles. The highest BCUT2D eigenvalue weighted by Gasteiger charge is 2.34. The van der Waals surface area contributed by atoms with Crippen LogP contribution in [0.1, 0.15) is 25.7 Å². The van der Waals surface area contributed by atoms with E-state index in [2.05, 4.69) is 15.9 Å². The second-order valence-electron chi connectivity index (χ2n) is 4.08. The molecule has 0 aliphatic carbocycles. The maximum atomic E-state index is 10.1. The zero-order valence-corrected chi connectivity index (χ0v) is 10.5. The number of aliphatic hydroxyl groups excluding tert-OH is 1. The number of halogens is 1. The van der Waals surface area contributed by atoms with Crippen molar-refractivity contribution in [2.45, 2.75) is 25.5 Å². The van der Waals surface area contributed by atoms with Crippen molar-refractivity contribution in [3.05, 3.63) is 22.6 Å². The van der Waals surface area contributed by atoms with Crippen LogP contribution in [0.3, 0.4) is 0 Å². The standard InChI is InChI=1S/C10H16BrNO2/c1-10(2,12(3)4)9(13)8-7(11)5-6-14-8/h5-6,9,13H,1-4H3. The van der Waals surface area contributed by atoms with E-state index in [0.29, 0.717) is 5.76 Å². The number of aliphatic hydroxyl groups is 1. The molecule has 0 spiro atoms. The van der Waals surface area contributed by atoms with Gasteiger partial charge in [0.25, 0.3) is 0 Å². The SMILES string of the molecule is CN(C)C(C)(C)C(O)c1occc1Br. The van der Waals surface area contributed by atoms with E-state index in [1.165, 1.54) is 0 Å². The lowest BCUT2D eigenvalue weighted by Gasteiger charge is -2.36. The Morgan fingerprint density at radius 2 is 2.07 bits per heavy atom. The van der Waals surface area contributed by atoms with Crippen LogP contribution in [0.5, 0.6) is 0 Å². The van der Waals surface area contributed by atoms with Crippen molar-refractivity contribution in [2.24, 2.45) is 0 Å². The molecule has 80 valence electrons. The predicted octanol–water partition coefficient (Wildman–Crippen LogP) is 2.42. The number of likely N-dealkylation sites (N-methyl/N-ethyl adjacent to an activating group) is 1. The molecule has 1 N–H and O–H groups in total. The first-order valence-corrected chi connectivity index (χ1v) is 5.25. The molecule has 0 bridgehead atoms. The maximum absolute atomic E-state index is 10.1. The summed E-state index contributed by atoms with van der Waals surface area (Å²) in [6, 6.07) is 1.78. The smallest absolute Gasteiger partial charge is 0.148 e. The first kappa shape index (κ1) is 11.8. The number of rotatable bonds is 3. The largest absolute Gasteiger partial charge is 0.465 e. The van der Waals surface area contributed by atoms with Crippen molar-refractivity contribution in [2.75, 3.05) is 14.1 Å². The van der Waals surface area contributed by atoms with Crippen LogP contribution in [0.2, 0.25) is 0 Å². The molecule has 0 saturated carbocycles. The molecule has 1 atom stereocenters. The highest BCUT2D eigenvalue weighted by molar-refractivity contribution is 9.10. The Labute approximate surface area is 92.8 Å². The molecule has 0 saturated heterocycles. The molecule has 0 aliphatic rings. The molecule has 0 amide bonds. The Morgan fingerprint density at radius 1 is 1.50 bits per heavy atom. The lowest BCUT2D eigenvalue weighted by Crippen LogP contribution is -2.43. The summed E-state index contributed by atoms with van der Waals surface area (Å²) in [4.78, 5) is 1.96. The fourth-order valence-corrected chi connectivity index (χ4v) is 1.48. The molecular weight excluding hydrogens is 246 g/mol. The molecule has 0 radical (unpaired) electrons. The molecule has 0 fully saturated rings. The third-order valence-electron chi connectivity index (χ3n) is 2.71. The van der Waals surface area contributed by atoms with E-state index in [-0.39, 0.29) is 5.54 Å². The van der Waals surface area contributed by atoms with Crippen LogP contribution in [0, 0.1) is 0 Å². The molecule has 0 aliphatic heterocycles. The van der Waals surface area contributed by atoms with Crippen LogP contribution >= 0.6 is 15.9 Å². The van der Waals surface area contributed by atoms with Gasteiger partial charge < -0.3 is 14.4 Å². The quantitative estimate of drug-likeness (QED) is 0.908. The van der Waals surface area contributed by atoms with Crippen molar-refractivity contribution in [3.8, 4) is 0 Å². The minimum Gasteiger partial charge on any atom is -0.465 e. The molecule has 14 heavy (non-hydrogen) atoms. The Kier molecular flexibility index (Phi) is 3.40. The normalized spacial score (nSPS) is 14.8. The monoisotopic (exact) mass is 261 g/mol. The van der Waals surface area contributed by atoms with Crippen LogP contribution in [0.4, 0.5) is 0 Å². The number of hydrogen-bond donors (Lipinski definition) is 1. The average Bonchev–Trinajstić information content (AvgIpc) is 2.49. The maximum Gasteiger partial charge on any atom is 0.148 e. The summed E-state index contributed by atoms with van der Waals surface area (Å²) in [6.07, 6.45) is 0.913. The topological polar surface area (TPSA) is 36.6 Å². The predicted molar refractivity (Wildman–Crippen MR) is 59.1 cm³/mol. The highest BCUT2D eigenvalue weighted by Crippen LogP contribution is 2.34. The minimum atomic E-state index is -0.651. The van der Waals surface area contributed by atoms with Gasteiger partial charge in [-0.1, -0.05) is 0 Å². The first-order chi connectivity index (χ1) is 6.37. The summed E-state index contributed by atoms with van der Waals surface area (Å²) in [6.45, 7) is 3.93. The fourth-order valence-electron chi connectivity index (χ4n) is 1.07. The van der Waals surface area contributed by atoms with Gasteiger partial charge >= 0.3 is 0 Å². The minimum absolute atomic E-state index is 0.361. The lowest BCUT2D eigenvalue weighted by molar-refractivity contribution is 0.00212. The number of hydrogen-bond acceptors (Lipinski definition) is 3. The molecule has 1 heterocycles. The second-order valence-corrected chi connectivity index (χ2v) is 4.94. The average molecular weight is 262 g/mol. The molecule has 1 aromatic heterocycles. The lowest BCUT2D eigenvalue weighted by atomic mass is 9.94. The second kappa shape index (κ2) is 4.04. The third kappa shape index (κ3) is 2.02. The first-order valence-electron chi connectivity index (χ1n) is 4.45. The fraction of sp³-hybridized carbons (Fsp3) is 0.600. The van der Waals surface area contributed by atoms with Crippen molar-refractivity contribution in [1.82, 2.24) is 4.90 Å². The third-order valence-corrected chi connectivity index (χ3v) is 3.37. The van der Waals surface area contributed by atoms with E-state index in [1.807, 2.05) is 32.8 Å². The summed E-state index contributed by atoms with van der Waals surface area (Å²) in [5.41, 5.74) is -0.361. The van der Waals surface area contributed by atoms with Crippen LogP contribution in [-0.2, 0) is 0 Å². The Balaban J connectivity index is 2.96. The number of furan rings is 1. The molecule has 4 heteroatoms. The van der Waals surface area contributed by atoms with Gasteiger partial charge in [-0.15, -0.1) is 0 Å². The van der Waals surface area contributed by atoms with Crippen molar-refractivity contribution in [3.63, 3.8) is 0 Å². The van der Waals surface area contributed by atoms with Crippen LogP contribution in [0.15, 0.2) is 21.2 Å². The summed E-state index contributed by atoms with van der Waals surface area (Å²) in [5, 5.41) is 10.1. The molecular formula is C10H16BrNO2. The molecule has 1 unspecified atom stereocenters. The van der Waals surface area contributed by atoms with Crippen LogP contribution < -0.4 is 0 Å². The van der Waals surface area contributed by atoms with Crippen LogP contribution in [0.25, 0.3) is 0 Å². The molecule has 1 aromatic rings. The number of nitrogens with zero attached hydrogens (tertiary/aromatic N) is 1. The van der Waals surface area contributed by atoms with Gasteiger partial charge in [-0.05, 0) is 49.9 Å². The van der Waals surface area contributed by atoms with Gasteiger partial charge in [0.2, 0.25) is 0 Å². The van der Waals surface area contributed by atoms with Gasteiger partial charge in [0, 0.05) is 5.54 Å². The summed E-state index contributed by atoms with van der Waals surface area (Å²) in [7, 11) is 3.86. The van der Waals surface area contributed by atoms with Crippen molar-refractivity contribution in [1.29, 1.82) is 0 Å². The van der Waals surface area contributed by atoms with Gasteiger partial charge in [0.1, 0.15) is 11.9 Å². The zero-order chi connectivity index (χ0) is 10.9. The van der Waals surface area contributed by atoms with Crippen LogP contribution in [-0.4, -0.2) is 29.6 Å². The van der Waals surface area contributed by atoms with E-state index in [4.69, 9.17) is 4.42 Å². The van der Waals surface area contributed by atoms with Gasteiger partial charge in [0.15, 0.2) is 0 Å². The summed E-state index contributed by atoms with van der Waals surface area (Å²) >= 11 is 3.34. The van der Waals surface area contributed by atoms with E-state index in [9.17, 15) is 5.11 Å².